The van der Waals surface area contributed by atoms with Gasteiger partial charge in [0, 0.05) is 11.9 Å². The van der Waals surface area contributed by atoms with Crippen LogP contribution in [0.2, 0.25) is 5.28 Å². The van der Waals surface area contributed by atoms with Crippen LogP contribution in [-0.2, 0) is 6.18 Å². The molecule has 0 radical (unpaired) electrons. The zero-order valence-electron chi connectivity index (χ0n) is 11.7. The van der Waals surface area contributed by atoms with Crippen LogP contribution in [0.1, 0.15) is 11.3 Å². The number of halogens is 4. The highest BCUT2D eigenvalue weighted by Crippen LogP contribution is 2.31. The maximum Gasteiger partial charge on any atom is 0.416 e. The molecule has 23 heavy (non-hydrogen) atoms. The van der Waals surface area contributed by atoms with Crippen LogP contribution in [0, 0.1) is 6.92 Å². The molecule has 0 amide bonds. The normalized spacial score (nSPS) is 11.7. The van der Waals surface area contributed by atoms with Crippen molar-refractivity contribution in [3.05, 3.63) is 47.0 Å². The number of anilines is 2. The van der Waals surface area contributed by atoms with Gasteiger partial charge >= 0.3 is 6.18 Å². The predicted molar refractivity (Wildman–Crippen MR) is 79.6 cm³/mol. The predicted octanol–water partition coefficient (Wildman–Crippen LogP) is 4.14. The highest BCUT2D eigenvalue weighted by molar-refractivity contribution is 6.28. The van der Waals surface area contributed by atoms with Crippen LogP contribution in [0.3, 0.4) is 0 Å². The molecule has 3 heterocycles. The lowest BCUT2D eigenvalue weighted by atomic mass is 10.2. The highest BCUT2D eigenvalue weighted by atomic mass is 35.5. The van der Waals surface area contributed by atoms with Gasteiger partial charge in [0.05, 0.1) is 10.9 Å². The molecule has 118 valence electrons. The third kappa shape index (κ3) is 3.31. The van der Waals surface area contributed by atoms with Crippen molar-refractivity contribution in [3.8, 4) is 0 Å². The van der Waals surface area contributed by atoms with E-state index in [1.807, 2.05) is 0 Å². The fourth-order valence-electron chi connectivity index (χ4n) is 1.97. The number of hydrogen-bond donors (Lipinski definition) is 1. The van der Waals surface area contributed by atoms with Crippen molar-refractivity contribution in [2.45, 2.75) is 13.1 Å². The molecular weight excluding hydrogens is 331 g/mol. The number of nitrogens with zero attached hydrogens (tertiary/aromatic N) is 4. The summed E-state index contributed by atoms with van der Waals surface area (Å²) < 4.78 is 38.3. The lowest BCUT2D eigenvalue weighted by Gasteiger charge is -2.11. The molecule has 0 saturated carbocycles. The Hall–Kier alpha value is -2.48. The number of aryl methyl sites for hydroxylation is 1. The molecule has 0 aromatic carbocycles. The number of aromatic nitrogens is 4. The van der Waals surface area contributed by atoms with Gasteiger partial charge < -0.3 is 5.32 Å². The monoisotopic (exact) mass is 339 g/mol. The zero-order chi connectivity index (χ0) is 16.6. The van der Waals surface area contributed by atoms with Crippen LogP contribution in [0.25, 0.3) is 11.0 Å². The molecule has 1 N–H and O–H groups in total. The van der Waals surface area contributed by atoms with E-state index in [0.717, 1.165) is 24.0 Å². The summed E-state index contributed by atoms with van der Waals surface area (Å²) in [5.74, 6) is 0.232. The number of nitrogens with one attached hydrogen (secondary N) is 1. The minimum Gasteiger partial charge on any atom is -0.324 e. The molecule has 0 bridgehead atoms. The quantitative estimate of drug-likeness (QED) is 0.711. The topological polar surface area (TPSA) is 63.6 Å². The second-order valence-corrected chi connectivity index (χ2v) is 5.06. The van der Waals surface area contributed by atoms with Crippen molar-refractivity contribution >= 4 is 34.3 Å². The summed E-state index contributed by atoms with van der Waals surface area (Å²) in [6, 6.07) is 5.24. The number of pyridine rings is 2. The number of rotatable bonds is 2. The lowest BCUT2D eigenvalue weighted by Crippen LogP contribution is -2.07. The van der Waals surface area contributed by atoms with E-state index < -0.39 is 11.7 Å². The molecule has 0 aliphatic rings. The van der Waals surface area contributed by atoms with E-state index >= 15 is 0 Å². The summed E-state index contributed by atoms with van der Waals surface area (Å²) in [7, 11) is 0. The van der Waals surface area contributed by atoms with Crippen LogP contribution in [0.15, 0.2) is 30.5 Å². The third-order valence-electron chi connectivity index (χ3n) is 3.01. The van der Waals surface area contributed by atoms with Gasteiger partial charge in [0.15, 0.2) is 5.65 Å². The molecule has 0 aliphatic heterocycles. The van der Waals surface area contributed by atoms with Crippen molar-refractivity contribution in [1.82, 2.24) is 19.9 Å². The maximum absolute atomic E-state index is 12.8. The Kier molecular flexibility index (Phi) is 3.77. The average molecular weight is 340 g/mol. The summed E-state index contributed by atoms with van der Waals surface area (Å²) in [6.07, 6.45) is -3.39. The van der Waals surface area contributed by atoms with Gasteiger partial charge in [-0.25, -0.2) is 9.97 Å². The van der Waals surface area contributed by atoms with E-state index in [2.05, 4.69) is 25.3 Å². The van der Waals surface area contributed by atoms with E-state index in [-0.39, 0.29) is 16.9 Å². The lowest BCUT2D eigenvalue weighted by molar-refractivity contribution is -0.137. The van der Waals surface area contributed by atoms with Crippen molar-refractivity contribution in [3.63, 3.8) is 0 Å². The van der Waals surface area contributed by atoms with Crippen molar-refractivity contribution in [2.24, 2.45) is 0 Å². The van der Waals surface area contributed by atoms with E-state index in [0.29, 0.717) is 11.0 Å². The van der Waals surface area contributed by atoms with Crippen LogP contribution in [-0.4, -0.2) is 19.9 Å². The van der Waals surface area contributed by atoms with Crippen LogP contribution >= 0.6 is 11.6 Å². The average Bonchev–Trinajstić information content (AvgIpc) is 2.46. The Morgan fingerprint density at radius 2 is 1.87 bits per heavy atom. The second-order valence-electron chi connectivity index (χ2n) is 4.72. The van der Waals surface area contributed by atoms with Gasteiger partial charge in [-0.05, 0) is 42.8 Å². The smallest absolute Gasteiger partial charge is 0.324 e. The molecule has 0 fully saturated rings. The minimum absolute atomic E-state index is 0.00327. The minimum atomic E-state index is -4.45. The van der Waals surface area contributed by atoms with Crippen molar-refractivity contribution in [2.75, 3.05) is 5.32 Å². The zero-order valence-corrected chi connectivity index (χ0v) is 12.4. The number of fused-ring (bicyclic) bond motifs is 1. The largest absolute Gasteiger partial charge is 0.416 e. The summed E-state index contributed by atoms with van der Waals surface area (Å²) in [5.41, 5.74) is 0.267. The standard InChI is InChI=1S/C14H9ClF3N5/c1-7-2-3-9-11(20-7)22-13(15)23-12(9)21-10-6-8(4-5-19-10)14(16,17)18/h2-6H,1H3,(H,19,20,21,22,23). The van der Waals surface area contributed by atoms with Crippen molar-refractivity contribution < 1.29 is 13.2 Å². The van der Waals surface area contributed by atoms with Gasteiger partial charge in [-0.15, -0.1) is 0 Å². The molecule has 0 saturated heterocycles. The molecule has 3 aromatic heterocycles. The molecule has 9 heteroatoms. The van der Waals surface area contributed by atoms with E-state index in [1.165, 1.54) is 0 Å². The molecule has 0 spiro atoms. The summed E-state index contributed by atoms with van der Waals surface area (Å²) in [5, 5.41) is 3.20. The van der Waals surface area contributed by atoms with E-state index in [9.17, 15) is 13.2 Å². The van der Waals surface area contributed by atoms with E-state index in [1.54, 1.807) is 19.1 Å². The first-order valence-corrected chi connectivity index (χ1v) is 6.82. The van der Waals surface area contributed by atoms with Crippen molar-refractivity contribution in [1.29, 1.82) is 0 Å². The van der Waals surface area contributed by atoms with Gasteiger partial charge in [0.2, 0.25) is 5.28 Å². The van der Waals surface area contributed by atoms with E-state index in [4.69, 9.17) is 11.6 Å². The van der Waals surface area contributed by atoms with Gasteiger partial charge in [0.25, 0.3) is 0 Å². The Morgan fingerprint density at radius 3 is 2.61 bits per heavy atom. The SMILES string of the molecule is Cc1ccc2c(Nc3cc(C(F)(F)F)ccn3)nc(Cl)nc2n1. The van der Waals surface area contributed by atoms with Crippen LogP contribution in [0.4, 0.5) is 24.8 Å². The maximum atomic E-state index is 12.8. The second kappa shape index (κ2) is 5.62. The van der Waals surface area contributed by atoms with Crippen LogP contribution < -0.4 is 5.32 Å². The highest BCUT2D eigenvalue weighted by Gasteiger charge is 2.30. The fourth-order valence-corrected chi connectivity index (χ4v) is 2.13. The molecule has 3 rings (SSSR count). The first-order valence-electron chi connectivity index (χ1n) is 6.44. The third-order valence-corrected chi connectivity index (χ3v) is 3.17. The molecular formula is C14H9ClF3N5. The first-order chi connectivity index (χ1) is 10.8. The molecule has 5 nitrogen and oxygen atoms in total. The molecule has 3 aromatic rings. The van der Waals surface area contributed by atoms with Gasteiger partial charge in [-0.3, -0.25) is 0 Å². The fraction of sp³-hybridized carbons (Fsp3) is 0.143. The number of alkyl halides is 3. The summed E-state index contributed by atoms with van der Waals surface area (Å²) in [4.78, 5) is 16.1. The summed E-state index contributed by atoms with van der Waals surface area (Å²) >= 11 is 5.84. The first kappa shape index (κ1) is 15.4. The van der Waals surface area contributed by atoms with Gasteiger partial charge in [-0.1, -0.05) is 0 Å². The van der Waals surface area contributed by atoms with Gasteiger partial charge in [0.1, 0.15) is 11.6 Å². The Morgan fingerprint density at radius 1 is 1.09 bits per heavy atom. The van der Waals surface area contributed by atoms with Crippen LogP contribution in [0.5, 0.6) is 0 Å². The Balaban J connectivity index is 2.05. The molecule has 0 aliphatic carbocycles. The Labute approximate surface area is 133 Å². The molecule has 0 atom stereocenters. The Bertz CT molecular complexity index is 877. The summed E-state index contributed by atoms with van der Waals surface area (Å²) in [6.45, 7) is 1.79. The molecule has 0 unspecified atom stereocenters. The van der Waals surface area contributed by atoms with Gasteiger partial charge in [-0.2, -0.15) is 23.1 Å². The number of hydrogen-bond acceptors (Lipinski definition) is 5.